The fourth-order valence-electron chi connectivity index (χ4n) is 6.26. The number of rotatable bonds is 0. The van der Waals surface area contributed by atoms with Crippen molar-refractivity contribution >= 4 is 45.5 Å². The summed E-state index contributed by atoms with van der Waals surface area (Å²) < 4.78 is 0. The van der Waals surface area contributed by atoms with Crippen LogP contribution in [-0.4, -0.2) is 4.98 Å². The van der Waals surface area contributed by atoms with Crippen LogP contribution in [0.25, 0.3) is 21.7 Å². The monoisotopic (exact) mass is 635 g/mol. The van der Waals surface area contributed by atoms with Gasteiger partial charge in [-0.15, -0.1) is 28.0 Å². The molecule has 169 valence electrons. The van der Waals surface area contributed by atoms with Gasteiger partial charge in [0.2, 0.25) is 0 Å². The molecule has 0 saturated carbocycles. The SMILES string of the molecule is CC1(C)c2[c-]c3c(ccc4cccnc43)c3c2P(c2ccccc21)c1ccccc1C3(C)C.[Ir]. The second-order valence-electron chi connectivity index (χ2n) is 10.4. The minimum atomic E-state index is -0.636. The number of pyridine rings is 1. The summed E-state index contributed by atoms with van der Waals surface area (Å²) >= 11 is 0. The van der Waals surface area contributed by atoms with E-state index in [1.807, 2.05) is 12.3 Å². The molecule has 7 rings (SSSR count). The molecule has 0 saturated heterocycles. The Morgan fingerprint density at radius 1 is 0.735 bits per heavy atom. The van der Waals surface area contributed by atoms with Crippen LogP contribution in [0.1, 0.15) is 49.9 Å². The quantitative estimate of drug-likeness (QED) is 0.112. The van der Waals surface area contributed by atoms with Crippen LogP contribution in [0.3, 0.4) is 0 Å². The molecular formula is C31H25IrNP-. The normalized spacial score (nSPS) is 18.5. The van der Waals surface area contributed by atoms with E-state index in [2.05, 4.69) is 100 Å². The third kappa shape index (κ3) is 2.66. The molecule has 0 fully saturated rings. The average molecular weight is 635 g/mol. The van der Waals surface area contributed by atoms with Crippen molar-refractivity contribution in [3.63, 3.8) is 0 Å². The molecule has 1 unspecified atom stereocenters. The van der Waals surface area contributed by atoms with E-state index < -0.39 is 7.92 Å². The topological polar surface area (TPSA) is 12.9 Å². The van der Waals surface area contributed by atoms with Crippen molar-refractivity contribution in [2.24, 2.45) is 0 Å². The first-order valence-electron chi connectivity index (χ1n) is 11.7. The van der Waals surface area contributed by atoms with Gasteiger partial charge in [0, 0.05) is 26.3 Å². The zero-order valence-electron chi connectivity index (χ0n) is 19.7. The van der Waals surface area contributed by atoms with Gasteiger partial charge in [-0.1, -0.05) is 108 Å². The third-order valence-corrected chi connectivity index (χ3v) is 10.5. The Hall–Kier alpha value is -2.37. The molecule has 4 aromatic carbocycles. The van der Waals surface area contributed by atoms with Crippen LogP contribution in [-0.2, 0) is 30.9 Å². The maximum atomic E-state index is 4.83. The molecule has 1 aromatic heterocycles. The van der Waals surface area contributed by atoms with Gasteiger partial charge in [0.15, 0.2) is 0 Å². The number of aromatic nitrogens is 1. The Labute approximate surface area is 215 Å². The van der Waals surface area contributed by atoms with Crippen LogP contribution in [0.4, 0.5) is 0 Å². The van der Waals surface area contributed by atoms with Crippen LogP contribution in [0.15, 0.2) is 79.0 Å². The van der Waals surface area contributed by atoms with Gasteiger partial charge in [0.25, 0.3) is 0 Å². The molecule has 3 heteroatoms. The molecule has 2 aliphatic heterocycles. The summed E-state index contributed by atoms with van der Waals surface area (Å²) in [6, 6.07) is 31.0. The Kier molecular flexibility index (Phi) is 4.76. The van der Waals surface area contributed by atoms with E-state index in [9.17, 15) is 0 Å². The molecule has 0 spiro atoms. The first kappa shape index (κ1) is 22.1. The first-order valence-corrected chi connectivity index (χ1v) is 13.0. The first-order chi connectivity index (χ1) is 15.9. The molecule has 1 radical (unpaired) electrons. The van der Waals surface area contributed by atoms with E-state index in [1.165, 1.54) is 48.9 Å². The van der Waals surface area contributed by atoms with Gasteiger partial charge < -0.3 is 4.98 Å². The molecule has 5 aromatic rings. The zero-order valence-corrected chi connectivity index (χ0v) is 23.0. The zero-order chi connectivity index (χ0) is 22.5. The minimum absolute atomic E-state index is 0. The van der Waals surface area contributed by atoms with Crippen molar-refractivity contribution in [1.82, 2.24) is 4.98 Å². The number of hydrogen-bond donors (Lipinski definition) is 0. The van der Waals surface area contributed by atoms with Gasteiger partial charge in [-0.3, -0.25) is 0 Å². The van der Waals surface area contributed by atoms with E-state index in [4.69, 9.17) is 4.98 Å². The Morgan fingerprint density at radius 2 is 1.38 bits per heavy atom. The number of nitrogens with zero attached hydrogens (tertiary/aromatic N) is 1. The molecular weight excluding hydrogens is 610 g/mol. The third-order valence-electron chi connectivity index (χ3n) is 7.88. The smallest absolute Gasteiger partial charge is 0.0161 e. The summed E-state index contributed by atoms with van der Waals surface area (Å²) in [6.07, 6.45) is 1.91. The van der Waals surface area contributed by atoms with E-state index in [-0.39, 0.29) is 30.9 Å². The predicted octanol–water partition coefficient (Wildman–Crippen LogP) is 6.22. The number of hydrogen-bond acceptors (Lipinski definition) is 1. The predicted molar refractivity (Wildman–Crippen MR) is 141 cm³/mol. The number of fused-ring (bicyclic) bond motifs is 8. The molecule has 0 amide bonds. The second-order valence-corrected chi connectivity index (χ2v) is 12.5. The van der Waals surface area contributed by atoms with Gasteiger partial charge in [-0.05, 0) is 49.5 Å². The van der Waals surface area contributed by atoms with Crippen LogP contribution in [0, 0.1) is 6.07 Å². The summed E-state index contributed by atoms with van der Waals surface area (Å²) in [6.45, 7) is 9.57. The minimum Gasteiger partial charge on any atom is -0.304 e. The van der Waals surface area contributed by atoms with E-state index in [1.54, 1.807) is 0 Å². The van der Waals surface area contributed by atoms with Crippen LogP contribution >= 0.6 is 7.92 Å². The summed E-state index contributed by atoms with van der Waals surface area (Å²) in [5.41, 5.74) is 6.57. The average Bonchev–Trinajstić information content (AvgIpc) is 2.83. The molecule has 0 bridgehead atoms. The van der Waals surface area contributed by atoms with Crippen LogP contribution < -0.4 is 15.9 Å². The largest absolute Gasteiger partial charge is 0.304 e. The standard InChI is InChI=1S/C31H25NP.Ir/c1-30(2)22-11-5-7-13-25(22)33-26-14-8-6-12-23(26)31(3,4)27-20-16-15-19-10-9-17-32-28(19)21(20)18-24(30)29(27)33;/h5-17H,1-4H3;/q-1;. The van der Waals surface area contributed by atoms with Crippen molar-refractivity contribution in [3.05, 3.63) is 107 Å². The van der Waals surface area contributed by atoms with Crippen molar-refractivity contribution in [1.29, 1.82) is 0 Å². The molecule has 2 aliphatic rings. The molecule has 34 heavy (non-hydrogen) atoms. The fourth-order valence-corrected chi connectivity index (χ4v) is 9.84. The Balaban J connectivity index is 0.00000217. The van der Waals surface area contributed by atoms with E-state index >= 15 is 0 Å². The molecule has 1 atom stereocenters. The van der Waals surface area contributed by atoms with Crippen molar-refractivity contribution in [3.8, 4) is 0 Å². The van der Waals surface area contributed by atoms with E-state index in [0.29, 0.717) is 0 Å². The Bertz CT molecular complexity index is 1620. The van der Waals surface area contributed by atoms with E-state index in [0.717, 1.165) is 10.9 Å². The molecule has 3 heterocycles. The summed E-state index contributed by atoms with van der Waals surface area (Å²) in [4.78, 5) is 4.83. The Morgan fingerprint density at radius 3 is 2.09 bits per heavy atom. The van der Waals surface area contributed by atoms with Crippen molar-refractivity contribution < 1.29 is 20.1 Å². The maximum Gasteiger partial charge on any atom is 0.0161 e. The van der Waals surface area contributed by atoms with Crippen molar-refractivity contribution in [2.75, 3.05) is 0 Å². The molecule has 0 aliphatic carbocycles. The van der Waals surface area contributed by atoms with Gasteiger partial charge in [-0.2, -0.15) is 0 Å². The van der Waals surface area contributed by atoms with Crippen molar-refractivity contribution in [2.45, 2.75) is 38.5 Å². The van der Waals surface area contributed by atoms with Gasteiger partial charge in [0.05, 0.1) is 0 Å². The summed E-state index contributed by atoms with van der Waals surface area (Å²) in [5.74, 6) is 0. The summed E-state index contributed by atoms with van der Waals surface area (Å²) in [5, 5.41) is 8.18. The van der Waals surface area contributed by atoms with Gasteiger partial charge >= 0.3 is 0 Å². The maximum absolute atomic E-state index is 4.83. The number of benzene rings is 4. The van der Waals surface area contributed by atoms with Crippen LogP contribution in [0.5, 0.6) is 0 Å². The van der Waals surface area contributed by atoms with Crippen LogP contribution in [0.2, 0.25) is 0 Å². The fraction of sp³-hybridized carbons (Fsp3) is 0.194. The van der Waals surface area contributed by atoms with Gasteiger partial charge in [0.1, 0.15) is 0 Å². The summed E-state index contributed by atoms with van der Waals surface area (Å²) in [7, 11) is -0.636. The van der Waals surface area contributed by atoms with Gasteiger partial charge in [-0.25, -0.2) is 0 Å². The molecule has 0 N–H and O–H groups in total. The second kappa shape index (κ2) is 7.32. The molecule has 1 nitrogen and oxygen atoms in total.